The monoisotopic (exact) mass is 309 g/mol. The molecule has 0 heterocycles. The Morgan fingerprint density at radius 1 is 1.37 bits per heavy atom. The van der Waals surface area contributed by atoms with Crippen LogP contribution in [0.5, 0.6) is 0 Å². The lowest BCUT2D eigenvalue weighted by Gasteiger charge is -2.31. The fourth-order valence-electron chi connectivity index (χ4n) is 2.72. The number of sulfone groups is 1. The van der Waals surface area contributed by atoms with Crippen molar-refractivity contribution in [2.45, 2.75) is 51.3 Å². The smallest absolute Gasteiger partial charge is 0.148 e. The minimum Gasteiger partial charge on any atom is -0.312 e. The number of hydrogen-bond acceptors (Lipinski definition) is 4. The van der Waals surface area contributed by atoms with Gasteiger partial charge in [0.2, 0.25) is 0 Å². The second-order valence-electron chi connectivity index (χ2n) is 6.21. The van der Waals surface area contributed by atoms with Gasteiger partial charge in [0.1, 0.15) is 9.84 Å². The maximum Gasteiger partial charge on any atom is 0.148 e. The second-order valence-corrected chi connectivity index (χ2v) is 10.2. The van der Waals surface area contributed by atoms with E-state index in [0.29, 0.717) is 0 Å². The van der Waals surface area contributed by atoms with Crippen LogP contribution in [0.1, 0.15) is 40.0 Å². The molecule has 0 aromatic heterocycles. The standard InChI is InChI=1S/C13H27NO3S2/c1-5-8-14-12-11(6-7-13(12,2)3)18(15)9-10-19(4,16)17/h11-12,14H,5-10H2,1-4H3. The predicted octanol–water partition coefficient (Wildman–Crippen LogP) is 1.34. The zero-order chi connectivity index (χ0) is 14.7. The molecule has 19 heavy (non-hydrogen) atoms. The zero-order valence-electron chi connectivity index (χ0n) is 12.4. The molecule has 1 aliphatic carbocycles. The minimum atomic E-state index is -3.03. The Morgan fingerprint density at radius 3 is 2.53 bits per heavy atom. The molecule has 3 unspecified atom stereocenters. The average molecular weight is 309 g/mol. The van der Waals surface area contributed by atoms with Crippen LogP contribution in [0.25, 0.3) is 0 Å². The quantitative estimate of drug-likeness (QED) is 0.771. The molecule has 0 aliphatic heterocycles. The van der Waals surface area contributed by atoms with Gasteiger partial charge >= 0.3 is 0 Å². The topological polar surface area (TPSA) is 63.2 Å². The SMILES string of the molecule is CCCNC1C(S(=O)CCS(C)(=O)=O)CCC1(C)C. The Labute approximate surface area is 120 Å². The summed E-state index contributed by atoms with van der Waals surface area (Å²) in [5.74, 6) is 0.293. The minimum absolute atomic E-state index is 0.0248. The van der Waals surface area contributed by atoms with Gasteiger partial charge in [-0.25, -0.2) is 8.42 Å². The molecule has 1 N–H and O–H groups in total. The van der Waals surface area contributed by atoms with Crippen LogP contribution in [0, 0.1) is 5.41 Å². The van der Waals surface area contributed by atoms with Gasteiger partial charge < -0.3 is 5.32 Å². The van der Waals surface area contributed by atoms with Crippen molar-refractivity contribution in [3.8, 4) is 0 Å². The highest BCUT2D eigenvalue weighted by Gasteiger charge is 2.44. The van der Waals surface area contributed by atoms with Crippen molar-refractivity contribution in [1.82, 2.24) is 5.32 Å². The Kier molecular flexibility index (Phi) is 6.01. The molecular weight excluding hydrogens is 282 g/mol. The summed E-state index contributed by atoms with van der Waals surface area (Å²) in [5.41, 5.74) is 0.139. The molecule has 3 atom stereocenters. The summed E-state index contributed by atoms with van der Waals surface area (Å²) in [6.45, 7) is 7.45. The average Bonchev–Trinajstić information content (AvgIpc) is 2.58. The van der Waals surface area contributed by atoms with Crippen LogP contribution in [-0.4, -0.2) is 48.2 Å². The summed E-state index contributed by atoms with van der Waals surface area (Å²) in [7, 11) is -4.09. The van der Waals surface area contributed by atoms with Gasteiger partial charge in [0, 0.05) is 28.9 Å². The summed E-state index contributed by atoms with van der Waals surface area (Å²) in [6, 6.07) is 0.229. The molecule has 1 aliphatic rings. The van der Waals surface area contributed by atoms with Gasteiger partial charge in [0.25, 0.3) is 0 Å². The van der Waals surface area contributed by atoms with E-state index in [9.17, 15) is 12.6 Å². The van der Waals surface area contributed by atoms with Crippen LogP contribution < -0.4 is 5.32 Å². The Morgan fingerprint density at radius 2 is 2.00 bits per heavy atom. The van der Waals surface area contributed by atoms with Crippen molar-refractivity contribution in [3.05, 3.63) is 0 Å². The van der Waals surface area contributed by atoms with Crippen molar-refractivity contribution in [2.75, 3.05) is 24.3 Å². The van der Waals surface area contributed by atoms with Crippen LogP contribution in [0.2, 0.25) is 0 Å². The Hall–Kier alpha value is 0.0600. The first-order valence-electron chi connectivity index (χ1n) is 6.95. The lowest BCUT2D eigenvalue weighted by molar-refractivity contribution is 0.286. The van der Waals surface area contributed by atoms with Crippen LogP contribution >= 0.6 is 0 Å². The number of hydrogen-bond donors (Lipinski definition) is 1. The predicted molar refractivity (Wildman–Crippen MR) is 81.6 cm³/mol. The first kappa shape index (κ1) is 17.1. The van der Waals surface area contributed by atoms with E-state index in [1.165, 1.54) is 6.26 Å². The van der Waals surface area contributed by atoms with E-state index < -0.39 is 20.6 Å². The second kappa shape index (κ2) is 6.68. The summed E-state index contributed by atoms with van der Waals surface area (Å²) >= 11 is 0. The number of nitrogens with one attached hydrogen (secondary N) is 1. The van der Waals surface area contributed by atoms with Gasteiger partial charge in [0.15, 0.2) is 0 Å². The zero-order valence-corrected chi connectivity index (χ0v) is 14.1. The van der Waals surface area contributed by atoms with Gasteiger partial charge in [-0.2, -0.15) is 0 Å². The number of rotatable bonds is 7. The lowest BCUT2D eigenvalue weighted by atomic mass is 9.87. The van der Waals surface area contributed by atoms with Gasteiger partial charge in [-0.3, -0.25) is 4.21 Å². The normalized spacial score (nSPS) is 28.4. The maximum atomic E-state index is 12.4. The van der Waals surface area contributed by atoms with E-state index in [1.807, 2.05) is 0 Å². The molecule has 114 valence electrons. The first-order chi connectivity index (χ1) is 8.67. The van der Waals surface area contributed by atoms with E-state index >= 15 is 0 Å². The third-order valence-corrected chi connectivity index (χ3v) is 6.89. The van der Waals surface area contributed by atoms with Gasteiger partial charge in [-0.1, -0.05) is 20.8 Å². The molecule has 1 rings (SSSR count). The van der Waals surface area contributed by atoms with Crippen molar-refractivity contribution >= 4 is 20.6 Å². The van der Waals surface area contributed by atoms with Crippen molar-refractivity contribution < 1.29 is 12.6 Å². The van der Waals surface area contributed by atoms with Crippen molar-refractivity contribution in [3.63, 3.8) is 0 Å². The third kappa shape index (κ3) is 5.16. The summed E-state index contributed by atoms with van der Waals surface area (Å²) < 4.78 is 34.7. The van der Waals surface area contributed by atoms with Crippen molar-refractivity contribution in [2.24, 2.45) is 5.41 Å². The lowest BCUT2D eigenvalue weighted by Crippen LogP contribution is -2.47. The molecule has 1 fully saturated rings. The van der Waals surface area contributed by atoms with E-state index in [1.54, 1.807) is 0 Å². The van der Waals surface area contributed by atoms with Crippen LogP contribution in [0.4, 0.5) is 0 Å². The van der Waals surface area contributed by atoms with Crippen molar-refractivity contribution in [1.29, 1.82) is 0 Å². The Bertz CT molecular complexity index is 418. The molecule has 6 heteroatoms. The van der Waals surface area contributed by atoms with Gasteiger partial charge in [-0.05, 0) is 31.2 Å². The molecule has 0 radical (unpaired) electrons. The van der Waals surface area contributed by atoms with Crippen LogP contribution in [0.15, 0.2) is 0 Å². The fraction of sp³-hybridized carbons (Fsp3) is 1.00. The molecule has 0 aromatic carbocycles. The highest BCUT2D eigenvalue weighted by Crippen LogP contribution is 2.39. The maximum absolute atomic E-state index is 12.4. The first-order valence-corrected chi connectivity index (χ1v) is 10.4. The molecule has 0 saturated heterocycles. The molecule has 0 aromatic rings. The summed E-state index contributed by atoms with van der Waals surface area (Å²) in [5, 5.41) is 3.59. The molecule has 1 saturated carbocycles. The summed E-state index contributed by atoms with van der Waals surface area (Å²) in [6.07, 6.45) is 4.22. The summed E-state index contributed by atoms with van der Waals surface area (Å²) in [4.78, 5) is 0. The molecule has 0 amide bonds. The molecule has 0 bridgehead atoms. The van der Waals surface area contributed by atoms with Gasteiger partial charge in [0.05, 0.1) is 11.0 Å². The van der Waals surface area contributed by atoms with Gasteiger partial charge in [-0.15, -0.1) is 0 Å². The van der Waals surface area contributed by atoms with E-state index in [0.717, 1.165) is 25.8 Å². The highest BCUT2D eigenvalue weighted by molar-refractivity contribution is 7.92. The van der Waals surface area contributed by atoms with E-state index in [-0.39, 0.29) is 28.2 Å². The Balaban J connectivity index is 2.67. The largest absolute Gasteiger partial charge is 0.312 e. The molecule has 0 spiro atoms. The highest BCUT2D eigenvalue weighted by atomic mass is 32.2. The third-order valence-electron chi connectivity index (χ3n) is 3.89. The van der Waals surface area contributed by atoms with Crippen LogP contribution in [0.3, 0.4) is 0 Å². The van der Waals surface area contributed by atoms with E-state index in [2.05, 4.69) is 26.1 Å². The molecular formula is C13H27NO3S2. The van der Waals surface area contributed by atoms with E-state index in [4.69, 9.17) is 0 Å². The fourth-order valence-corrected chi connectivity index (χ4v) is 6.04. The van der Waals surface area contributed by atoms with Crippen LogP contribution in [-0.2, 0) is 20.6 Å². The molecule has 4 nitrogen and oxygen atoms in total.